The lowest BCUT2D eigenvalue weighted by atomic mass is 9.85. The minimum Gasteiger partial charge on any atom is -0.490 e. The van der Waals surface area contributed by atoms with Crippen molar-refractivity contribution in [3.63, 3.8) is 0 Å². The summed E-state index contributed by atoms with van der Waals surface area (Å²) in [6, 6.07) is 6.35. The highest BCUT2D eigenvalue weighted by atomic mass is 19.1. The van der Waals surface area contributed by atoms with Gasteiger partial charge in [-0.05, 0) is 44.2 Å². The van der Waals surface area contributed by atoms with E-state index in [-0.39, 0.29) is 11.9 Å². The van der Waals surface area contributed by atoms with Crippen LogP contribution in [0, 0.1) is 12.7 Å². The van der Waals surface area contributed by atoms with Crippen molar-refractivity contribution in [1.29, 1.82) is 0 Å². The summed E-state index contributed by atoms with van der Waals surface area (Å²) in [5, 5.41) is 3.63. The molecule has 3 heteroatoms. The summed E-state index contributed by atoms with van der Waals surface area (Å²) in [5.41, 5.74) is 0.671. The van der Waals surface area contributed by atoms with Gasteiger partial charge in [-0.3, -0.25) is 0 Å². The molecule has 2 nitrogen and oxygen atoms in total. The lowest BCUT2D eigenvalue weighted by Gasteiger charge is -2.40. The second-order valence-electron chi connectivity index (χ2n) is 5.61. The molecule has 2 heterocycles. The monoisotopic (exact) mass is 249 g/mol. The zero-order chi connectivity index (χ0) is 12.5. The van der Waals surface area contributed by atoms with Crippen LogP contribution in [0.15, 0.2) is 18.2 Å². The Balaban J connectivity index is 1.67. The second-order valence-corrected chi connectivity index (χ2v) is 5.61. The Morgan fingerprint density at radius 2 is 1.94 bits per heavy atom. The first kappa shape index (κ1) is 12.0. The number of hydrogen-bond donors (Lipinski definition) is 1. The molecule has 2 aliphatic rings. The Morgan fingerprint density at radius 1 is 1.22 bits per heavy atom. The summed E-state index contributed by atoms with van der Waals surface area (Å²) in [6.45, 7) is 1.77. The maximum absolute atomic E-state index is 13.5. The molecule has 1 aromatic carbocycles. The van der Waals surface area contributed by atoms with Gasteiger partial charge in [-0.1, -0.05) is 12.5 Å². The highest BCUT2D eigenvalue weighted by molar-refractivity contribution is 5.28. The van der Waals surface area contributed by atoms with Crippen LogP contribution in [0.5, 0.6) is 5.75 Å². The van der Waals surface area contributed by atoms with Crippen molar-refractivity contribution in [2.75, 3.05) is 0 Å². The number of nitrogens with one attached hydrogen (secondary N) is 1. The van der Waals surface area contributed by atoms with Gasteiger partial charge in [-0.2, -0.15) is 0 Å². The largest absolute Gasteiger partial charge is 0.490 e. The smallest absolute Gasteiger partial charge is 0.129 e. The second kappa shape index (κ2) is 4.88. The molecule has 2 aliphatic heterocycles. The van der Waals surface area contributed by atoms with E-state index in [0.29, 0.717) is 23.4 Å². The Kier molecular flexibility index (Phi) is 3.25. The molecule has 2 fully saturated rings. The van der Waals surface area contributed by atoms with Crippen LogP contribution in [0.3, 0.4) is 0 Å². The standard InChI is InChI=1S/C15H20FNO/c1-10-5-6-13(9-15(10)16)18-14-7-11-3-2-4-12(8-14)17-11/h5-6,9,11-12,14,17H,2-4,7-8H2,1H3/t11-,12+,14?. The number of halogens is 1. The molecule has 0 amide bonds. The molecular formula is C15H20FNO. The molecule has 0 spiro atoms. The zero-order valence-electron chi connectivity index (χ0n) is 10.8. The van der Waals surface area contributed by atoms with E-state index in [4.69, 9.17) is 4.74 Å². The first-order valence-electron chi connectivity index (χ1n) is 6.89. The summed E-state index contributed by atoms with van der Waals surface area (Å²) in [6.07, 6.45) is 6.16. The van der Waals surface area contributed by atoms with Gasteiger partial charge >= 0.3 is 0 Å². The summed E-state index contributed by atoms with van der Waals surface area (Å²) in [7, 11) is 0. The lowest BCUT2D eigenvalue weighted by molar-refractivity contribution is 0.0924. The van der Waals surface area contributed by atoms with Gasteiger partial charge in [0.25, 0.3) is 0 Å². The number of ether oxygens (including phenoxy) is 1. The molecule has 0 radical (unpaired) electrons. The van der Waals surface area contributed by atoms with Gasteiger partial charge in [-0.15, -0.1) is 0 Å². The molecule has 0 aliphatic carbocycles. The summed E-state index contributed by atoms with van der Waals surface area (Å²) < 4.78 is 19.4. The first-order chi connectivity index (χ1) is 8.70. The number of fused-ring (bicyclic) bond motifs is 2. The van der Waals surface area contributed by atoms with Gasteiger partial charge < -0.3 is 10.1 Å². The third-order valence-corrected chi connectivity index (χ3v) is 4.12. The first-order valence-corrected chi connectivity index (χ1v) is 6.89. The predicted octanol–water partition coefficient (Wildman–Crippen LogP) is 3.19. The van der Waals surface area contributed by atoms with E-state index in [1.807, 2.05) is 6.07 Å². The van der Waals surface area contributed by atoms with Crippen LogP contribution in [-0.4, -0.2) is 18.2 Å². The highest BCUT2D eigenvalue weighted by Gasteiger charge is 2.32. The lowest BCUT2D eigenvalue weighted by Crippen LogP contribution is -2.51. The van der Waals surface area contributed by atoms with Crippen LogP contribution in [0.4, 0.5) is 4.39 Å². The molecule has 0 saturated carbocycles. The molecule has 3 rings (SSSR count). The van der Waals surface area contributed by atoms with Crippen molar-refractivity contribution in [2.24, 2.45) is 0 Å². The third kappa shape index (κ3) is 2.51. The van der Waals surface area contributed by atoms with Crippen molar-refractivity contribution in [3.05, 3.63) is 29.6 Å². The van der Waals surface area contributed by atoms with E-state index in [0.717, 1.165) is 12.8 Å². The van der Waals surface area contributed by atoms with Gasteiger partial charge in [-0.25, -0.2) is 4.39 Å². The quantitative estimate of drug-likeness (QED) is 0.869. The number of hydrogen-bond acceptors (Lipinski definition) is 2. The molecule has 1 N–H and O–H groups in total. The molecular weight excluding hydrogens is 229 g/mol. The van der Waals surface area contributed by atoms with E-state index in [1.165, 1.54) is 25.3 Å². The zero-order valence-corrected chi connectivity index (χ0v) is 10.8. The van der Waals surface area contributed by atoms with Crippen LogP contribution in [0.1, 0.15) is 37.7 Å². The topological polar surface area (TPSA) is 21.3 Å². The SMILES string of the molecule is Cc1ccc(OC2C[C@H]3CCC[C@@H](C2)N3)cc1F. The van der Waals surface area contributed by atoms with E-state index in [9.17, 15) is 4.39 Å². The van der Waals surface area contributed by atoms with E-state index in [1.54, 1.807) is 13.0 Å². The molecule has 2 bridgehead atoms. The van der Waals surface area contributed by atoms with Crippen LogP contribution >= 0.6 is 0 Å². The summed E-state index contributed by atoms with van der Waals surface area (Å²) in [5.74, 6) is 0.490. The van der Waals surface area contributed by atoms with Crippen molar-refractivity contribution >= 4 is 0 Å². The number of piperidine rings is 2. The fourth-order valence-corrected chi connectivity index (χ4v) is 3.15. The number of aryl methyl sites for hydroxylation is 1. The van der Waals surface area contributed by atoms with Gasteiger partial charge in [0.15, 0.2) is 0 Å². The van der Waals surface area contributed by atoms with Gasteiger partial charge in [0, 0.05) is 18.2 Å². The molecule has 18 heavy (non-hydrogen) atoms. The Hall–Kier alpha value is -1.09. The summed E-state index contributed by atoms with van der Waals surface area (Å²) in [4.78, 5) is 0. The van der Waals surface area contributed by atoms with E-state index in [2.05, 4.69) is 5.32 Å². The van der Waals surface area contributed by atoms with Crippen molar-refractivity contribution in [3.8, 4) is 5.75 Å². The minimum atomic E-state index is -0.179. The van der Waals surface area contributed by atoms with Crippen LogP contribution in [0.2, 0.25) is 0 Å². The van der Waals surface area contributed by atoms with Crippen LogP contribution in [0.25, 0.3) is 0 Å². The van der Waals surface area contributed by atoms with Crippen molar-refractivity contribution < 1.29 is 9.13 Å². The third-order valence-electron chi connectivity index (χ3n) is 4.12. The average Bonchev–Trinajstić information content (AvgIpc) is 2.33. The average molecular weight is 249 g/mol. The Morgan fingerprint density at radius 3 is 2.61 bits per heavy atom. The van der Waals surface area contributed by atoms with E-state index >= 15 is 0 Å². The fraction of sp³-hybridized carbons (Fsp3) is 0.600. The van der Waals surface area contributed by atoms with Crippen molar-refractivity contribution in [1.82, 2.24) is 5.32 Å². The van der Waals surface area contributed by atoms with Crippen LogP contribution < -0.4 is 10.1 Å². The fourth-order valence-electron chi connectivity index (χ4n) is 3.15. The maximum Gasteiger partial charge on any atom is 0.129 e. The predicted molar refractivity (Wildman–Crippen MR) is 69.3 cm³/mol. The Bertz CT molecular complexity index is 423. The van der Waals surface area contributed by atoms with E-state index < -0.39 is 0 Å². The highest BCUT2D eigenvalue weighted by Crippen LogP contribution is 2.29. The molecule has 2 saturated heterocycles. The molecule has 0 aromatic heterocycles. The normalized spacial score (nSPS) is 31.1. The number of benzene rings is 1. The summed E-state index contributed by atoms with van der Waals surface area (Å²) >= 11 is 0. The van der Waals surface area contributed by atoms with Gasteiger partial charge in [0.2, 0.25) is 0 Å². The van der Waals surface area contributed by atoms with Crippen molar-refractivity contribution in [2.45, 2.75) is 57.2 Å². The number of rotatable bonds is 2. The van der Waals surface area contributed by atoms with Crippen LogP contribution in [-0.2, 0) is 0 Å². The molecule has 98 valence electrons. The maximum atomic E-state index is 13.5. The Labute approximate surface area is 108 Å². The van der Waals surface area contributed by atoms with Gasteiger partial charge in [0.1, 0.15) is 17.7 Å². The molecule has 1 unspecified atom stereocenters. The molecule has 3 atom stereocenters. The molecule has 1 aromatic rings. The van der Waals surface area contributed by atoms with Gasteiger partial charge in [0.05, 0.1) is 0 Å². The minimum absolute atomic E-state index is 0.179.